The van der Waals surface area contributed by atoms with Crippen molar-refractivity contribution in [1.29, 1.82) is 0 Å². The third-order valence-electron chi connectivity index (χ3n) is 3.66. The van der Waals surface area contributed by atoms with Gasteiger partial charge in [0.05, 0.1) is 0 Å². The summed E-state index contributed by atoms with van der Waals surface area (Å²) >= 11 is 0. The van der Waals surface area contributed by atoms with Crippen LogP contribution in [0.2, 0.25) is 0 Å². The van der Waals surface area contributed by atoms with Gasteiger partial charge in [-0.15, -0.1) is 0 Å². The Morgan fingerprint density at radius 2 is 1.63 bits per heavy atom. The van der Waals surface area contributed by atoms with Crippen molar-refractivity contribution in [2.45, 2.75) is 19.8 Å². The predicted molar refractivity (Wildman–Crippen MR) is 80.5 cm³/mol. The maximum absolute atomic E-state index is 11.7. The van der Waals surface area contributed by atoms with Crippen molar-refractivity contribution >= 4 is 27.3 Å². The summed E-state index contributed by atoms with van der Waals surface area (Å²) in [6, 6.07) is 18.9. The van der Waals surface area contributed by atoms with Gasteiger partial charge in [0.15, 0.2) is 0 Å². The molecule has 0 amide bonds. The molecule has 0 spiro atoms. The molecule has 0 bridgehead atoms. The third kappa shape index (κ3) is 2.12. The van der Waals surface area contributed by atoms with E-state index in [2.05, 4.69) is 48.5 Å². The zero-order valence-corrected chi connectivity index (χ0v) is 11.0. The average molecular weight is 248 g/mol. The Morgan fingerprint density at radius 1 is 0.842 bits per heavy atom. The van der Waals surface area contributed by atoms with Crippen LogP contribution in [-0.4, -0.2) is 5.78 Å². The van der Waals surface area contributed by atoms with Crippen LogP contribution < -0.4 is 0 Å². The SMILES string of the molecule is CCC(=O)Cc1cccc2c1ccc1ccccc12. The molecule has 0 saturated heterocycles. The second-order valence-electron chi connectivity index (χ2n) is 4.87. The molecule has 0 heterocycles. The van der Waals surface area contributed by atoms with Crippen LogP contribution in [0.25, 0.3) is 21.5 Å². The third-order valence-corrected chi connectivity index (χ3v) is 3.66. The number of carbonyl (C=O) groups is 1. The van der Waals surface area contributed by atoms with Crippen LogP contribution in [0, 0.1) is 0 Å². The number of hydrogen-bond acceptors (Lipinski definition) is 1. The van der Waals surface area contributed by atoms with Gasteiger partial charge in [-0.3, -0.25) is 4.79 Å². The second kappa shape index (κ2) is 4.85. The van der Waals surface area contributed by atoms with E-state index in [-0.39, 0.29) is 0 Å². The fraction of sp³-hybridized carbons (Fsp3) is 0.167. The van der Waals surface area contributed by atoms with Crippen molar-refractivity contribution in [2.75, 3.05) is 0 Å². The van der Waals surface area contributed by atoms with Gasteiger partial charge in [-0.1, -0.05) is 61.5 Å². The molecule has 0 atom stereocenters. The highest BCUT2D eigenvalue weighted by atomic mass is 16.1. The van der Waals surface area contributed by atoms with Gasteiger partial charge in [0.2, 0.25) is 0 Å². The summed E-state index contributed by atoms with van der Waals surface area (Å²) in [5.74, 6) is 0.292. The minimum absolute atomic E-state index is 0.292. The van der Waals surface area contributed by atoms with Crippen LogP contribution >= 0.6 is 0 Å². The van der Waals surface area contributed by atoms with E-state index in [4.69, 9.17) is 0 Å². The molecule has 0 aliphatic rings. The normalized spacial score (nSPS) is 11.0. The number of carbonyl (C=O) groups excluding carboxylic acids is 1. The van der Waals surface area contributed by atoms with E-state index >= 15 is 0 Å². The second-order valence-corrected chi connectivity index (χ2v) is 4.87. The lowest BCUT2D eigenvalue weighted by Crippen LogP contribution is -2.00. The first kappa shape index (κ1) is 11.9. The number of benzene rings is 3. The fourth-order valence-corrected chi connectivity index (χ4v) is 2.60. The Balaban J connectivity index is 2.26. The highest BCUT2D eigenvalue weighted by molar-refractivity contribution is 6.09. The van der Waals surface area contributed by atoms with Crippen molar-refractivity contribution < 1.29 is 4.79 Å². The number of ketones is 1. The maximum atomic E-state index is 11.7. The zero-order valence-electron chi connectivity index (χ0n) is 11.0. The number of Topliss-reactive ketones (excluding diaryl/α,β-unsaturated/α-hetero) is 1. The van der Waals surface area contributed by atoms with Gasteiger partial charge in [-0.05, 0) is 27.1 Å². The van der Waals surface area contributed by atoms with Crippen LogP contribution in [0.5, 0.6) is 0 Å². The lowest BCUT2D eigenvalue weighted by Gasteiger charge is -2.08. The van der Waals surface area contributed by atoms with Crippen molar-refractivity contribution in [3.8, 4) is 0 Å². The lowest BCUT2D eigenvalue weighted by atomic mass is 9.96. The Labute approximate surface area is 112 Å². The van der Waals surface area contributed by atoms with E-state index in [0.29, 0.717) is 18.6 Å². The molecule has 3 aromatic carbocycles. The van der Waals surface area contributed by atoms with Gasteiger partial charge < -0.3 is 0 Å². The molecule has 3 rings (SSSR count). The molecule has 0 fully saturated rings. The summed E-state index contributed by atoms with van der Waals surface area (Å²) in [5.41, 5.74) is 1.13. The van der Waals surface area contributed by atoms with Gasteiger partial charge in [-0.25, -0.2) is 0 Å². The van der Waals surface area contributed by atoms with Crippen molar-refractivity contribution in [3.05, 3.63) is 60.2 Å². The molecule has 0 aliphatic carbocycles. The fourth-order valence-electron chi connectivity index (χ4n) is 2.60. The van der Waals surface area contributed by atoms with E-state index in [1.165, 1.54) is 21.5 Å². The van der Waals surface area contributed by atoms with Crippen molar-refractivity contribution in [2.24, 2.45) is 0 Å². The van der Waals surface area contributed by atoms with Crippen LogP contribution in [0.1, 0.15) is 18.9 Å². The highest BCUT2D eigenvalue weighted by Crippen LogP contribution is 2.27. The summed E-state index contributed by atoms with van der Waals surface area (Å²) < 4.78 is 0. The van der Waals surface area contributed by atoms with Gasteiger partial charge >= 0.3 is 0 Å². The quantitative estimate of drug-likeness (QED) is 0.623. The van der Waals surface area contributed by atoms with Gasteiger partial charge in [0.1, 0.15) is 5.78 Å². The van der Waals surface area contributed by atoms with E-state index < -0.39 is 0 Å². The van der Waals surface area contributed by atoms with Crippen LogP contribution in [0.15, 0.2) is 54.6 Å². The standard InChI is InChI=1S/C18H16O/c1-2-15(19)12-14-7-5-9-18-16-8-4-3-6-13(16)10-11-17(14)18/h3-11H,2,12H2,1H3. The van der Waals surface area contributed by atoms with Gasteiger partial charge in [-0.2, -0.15) is 0 Å². The van der Waals surface area contributed by atoms with Crippen molar-refractivity contribution in [1.82, 2.24) is 0 Å². The van der Waals surface area contributed by atoms with E-state index in [9.17, 15) is 4.79 Å². The number of fused-ring (bicyclic) bond motifs is 3. The summed E-state index contributed by atoms with van der Waals surface area (Å²) in [7, 11) is 0. The molecule has 0 saturated carbocycles. The summed E-state index contributed by atoms with van der Waals surface area (Å²) in [6.45, 7) is 1.92. The van der Waals surface area contributed by atoms with E-state index in [1.54, 1.807) is 0 Å². The monoisotopic (exact) mass is 248 g/mol. The summed E-state index contributed by atoms with van der Waals surface area (Å²) in [6.07, 6.45) is 1.14. The maximum Gasteiger partial charge on any atom is 0.137 e. The molecule has 0 radical (unpaired) electrons. The molecular formula is C18H16O. The zero-order chi connectivity index (χ0) is 13.2. The molecule has 0 unspecified atom stereocenters. The first-order chi connectivity index (χ1) is 9.29. The molecule has 3 aromatic rings. The van der Waals surface area contributed by atoms with E-state index in [1.807, 2.05) is 13.0 Å². The summed E-state index contributed by atoms with van der Waals surface area (Å²) in [4.78, 5) is 11.7. The Hall–Kier alpha value is -2.15. The van der Waals surface area contributed by atoms with Crippen LogP contribution in [0.3, 0.4) is 0 Å². The first-order valence-corrected chi connectivity index (χ1v) is 6.70. The molecule has 19 heavy (non-hydrogen) atoms. The van der Waals surface area contributed by atoms with Crippen LogP contribution in [-0.2, 0) is 11.2 Å². The predicted octanol–water partition coefficient (Wildman–Crippen LogP) is 4.51. The Morgan fingerprint density at radius 3 is 2.47 bits per heavy atom. The summed E-state index contributed by atoms with van der Waals surface area (Å²) in [5, 5.41) is 4.93. The number of rotatable bonds is 3. The topological polar surface area (TPSA) is 17.1 Å². The molecule has 0 N–H and O–H groups in total. The Kier molecular flexibility index (Phi) is 3.04. The highest BCUT2D eigenvalue weighted by Gasteiger charge is 2.07. The Bertz CT molecular complexity index is 756. The smallest absolute Gasteiger partial charge is 0.137 e. The molecule has 0 aromatic heterocycles. The molecule has 1 nitrogen and oxygen atoms in total. The molecule has 0 aliphatic heterocycles. The first-order valence-electron chi connectivity index (χ1n) is 6.70. The number of hydrogen-bond donors (Lipinski definition) is 0. The molecule has 1 heteroatoms. The molecular weight excluding hydrogens is 232 g/mol. The molecule has 94 valence electrons. The minimum atomic E-state index is 0.292. The minimum Gasteiger partial charge on any atom is -0.299 e. The van der Waals surface area contributed by atoms with Gasteiger partial charge in [0, 0.05) is 12.8 Å². The lowest BCUT2D eigenvalue weighted by molar-refractivity contribution is -0.118. The van der Waals surface area contributed by atoms with Crippen LogP contribution in [0.4, 0.5) is 0 Å². The average Bonchev–Trinajstić information content (AvgIpc) is 2.47. The largest absolute Gasteiger partial charge is 0.299 e. The van der Waals surface area contributed by atoms with Gasteiger partial charge in [0.25, 0.3) is 0 Å². The van der Waals surface area contributed by atoms with Crippen molar-refractivity contribution in [3.63, 3.8) is 0 Å². The van der Waals surface area contributed by atoms with E-state index in [0.717, 1.165) is 5.56 Å².